The van der Waals surface area contributed by atoms with Crippen molar-refractivity contribution in [2.75, 3.05) is 7.11 Å². The van der Waals surface area contributed by atoms with Gasteiger partial charge in [-0.05, 0) is 36.4 Å². The number of benzene rings is 1. The molecule has 136 valence electrons. The van der Waals surface area contributed by atoms with Gasteiger partial charge in [-0.2, -0.15) is 0 Å². The maximum absolute atomic E-state index is 12.4. The zero-order valence-electron chi connectivity index (χ0n) is 14.3. The summed E-state index contributed by atoms with van der Waals surface area (Å²) in [6, 6.07) is 11.2. The van der Waals surface area contributed by atoms with Gasteiger partial charge >= 0.3 is 0 Å². The number of nitrogens with zero attached hydrogens (tertiary/aromatic N) is 3. The molecule has 8 heteroatoms. The molecule has 0 atom stereocenters. The van der Waals surface area contributed by atoms with Crippen molar-refractivity contribution in [3.05, 3.63) is 70.6 Å². The van der Waals surface area contributed by atoms with E-state index in [1.165, 1.54) is 11.3 Å². The van der Waals surface area contributed by atoms with E-state index >= 15 is 0 Å². The quantitative estimate of drug-likeness (QED) is 0.550. The smallest absolute Gasteiger partial charge is 0.271 e. The Morgan fingerprint density at radius 1 is 1.19 bits per heavy atom. The van der Waals surface area contributed by atoms with Crippen LogP contribution in [0.2, 0.25) is 5.02 Å². The van der Waals surface area contributed by atoms with Gasteiger partial charge in [0.1, 0.15) is 22.1 Å². The second kappa shape index (κ2) is 7.38. The van der Waals surface area contributed by atoms with Crippen LogP contribution in [0, 0.1) is 0 Å². The maximum Gasteiger partial charge on any atom is 0.271 e. The molecule has 1 amide bonds. The summed E-state index contributed by atoms with van der Waals surface area (Å²) in [6.45, 7) is 0.313. The van der Waals surface area contributed by atoms with Crippen molar-refractivity contribution in [3.63, 3.8) is 0 Å². The van der Waals surface area contributed by atoms with Crippen LogP contribution in [0.1, 0.15) is 16.2 Å². The Morgan fingerprint density at radius 3 is 2.78 bits per heavy atom. The lowest BCUT2D eigenvalue weighted by Gasteiger charge is -2.01. The van der Waals surface area contributed by atoms with Gasteiger partial charge < -0.3 is 14.5 Å². The number of nitrogens with one attached hydrogen (secondary N) is 1. The van der Waals surface area contributed by atoms with Crippen LogP contribution in [0.15, 0.2) is 54.2 Å². The van der Waals surface area contributed by atoms with Crippen LogP contribution in [0.25, 0.3) is 16.2 Å². The van der Waals surface area contributed by atoms with E-state index in [0.717, 1.165) is 27.7 Å². The molecule has 3 heterocycles. The van der Waals surface area contributed by atoms with E-state index < -0.39 is 0 Å². The van der Waals surface area contributed by atoms with Gasteiger partial charge in [0.05, 0.1) is 24.4 Å². The zero-order chi connectivity index (χ0) is 18.8. The predicted octanol–water partition coefficient (Wildman–Crippen LogP) is 4.05. The molecular formula is C19H15ClN4O2S. The molecule has 0 saturated heterocycles. The van der Waals surface area contributed by atoms with E-state index in [-0.39, 0.29) is 5.91 Å². The van der Waals surface area contributed by atoms with Gasteiger partial charge in [-0.25, -0.2) is 9.97 Å². The van der Waals surface area contributed by atoms with Crippen LogP contribution < -0.4 is 10.1 Å². The number of thiazole rings is 1. The standard InChI is InChI=1S/C19H15ClN4O2S/c1-26-15-5-2-12(3-6-15)19-23-16(11-27-19)18(25)21-8-14-10-24-9-13(20)4-7-17(24)22-14/h2-7,9-11H,8H2,1H3,(H,21,25). The summed E-state index contributed by atoms with van der Waals surface area (Å²) in [4.78, 5) is 21.3. The molecule has 0 aliphatic carbocycles. The van der Waals surface area contributed by atoms with Gasteiger partial charge in [0.2, 0.25) is 0 Å². The molecule has 0 fully saturated rings. The average molecular weight is 399 g/mol. The summed E-state index contributed by atoms with van der Waals surface area (Å²) in [7, 11) is 1.62. The first kappa shape index (κ1) is 17.5. The fourth-order valence-electron chi connectivity index (χ4n) is 2.61. The predicted molar refractivity (Wildman–Crippen MR) is 105 cm³/mol. The van der Waals surface area contributed by atoms with Crippen LogP contribution in [0.4, 0.5) is 0 Å². The number of carbonyl (C=O) groups excluding carboxylic acids is 1. The van der Waals surface area contributed by atoms with Crippen molar-refractivity contribution in [1.82, 2.24) is 19.7 Å². The lowest BCUT2D eigenvalue weighted by Crippen LogP contribution is -2.23. The molecule has 0 bridgehead atoms. The number of pyridine rings is 1. The Hall–Kier alpha value is -2.90. The normalized spacial score (nSPS) is 10.9. The van der Waals surface area contributed by atoms with E-state index in [4.69, 9.17) is 16.3 Å². The Labute approximate surface area is 164 Å². The SMILES string of the molecule is COc1ccc(-c2nc(C(=O)NCc3cn4cc(Cl)ccc4n3)cs2)cc1. The molecule has 6 nitrogen and oxygen atoms in total. The molecule has 0 spiro atoms. The second-order valence-electron chi connectivity index (χ2n) is 5.79. The first-order valence-corrected chi connectivity index (χ1v) is 9.39. The number of hydrogen-bond acceptors (Lipinski definition) is 5. The lowest BCUT2D eigenvalue weighted by molar-refractivity contribution is 0.0946. The Morgan fingerprint density at radius 2 is 2.00 bits per heavy atom. The summed E-state index contributed by atoms with van der Waals surface area (Å²) in [5.74, 6) is 0.545. The summed E-state index contributed by atoms with van der Waals surface area (Å²) in [5, 5.41) is 6.01. The van der Waals surface area contributed by atoms with Crippen LogP contribution in [-0.4, -0.2) is 27.4 Å². The van der Waals surface area contributed by atoms with Gasteiger partial charge in [-0.15, -0.1) is 11.3 Å². The van der Waals surface area contributed by atoms with Crippen LogP contribution in [0.3, 0.4) is 0 Å². The van der Waals surface area contributed by atoms with Crippen molar-refractivity contribution in [3.8, 4) is 16.3 Å². The third-order valence-corrected chi connectivity index (χ3v) is 5.08. The number of aromatic nitrogens is 3. The molecule has 1 aromatic carbocycles. The average Bonchev–Trinajstić information content (AvgIpc) is 3.33. The highest BCUT2D eigenvalue weighted by atomic mass is 35.5. The summed E-state index contributed by atoms with van der Waals surface area (Å²) >= 11 is 7.40. The number of hydrogen-bond donors (Lipinski definition) is 1. The number of fused-ring (bicyclic) bond motifs is 1. The number of imidazole rings is 1. The van der Waals surface area contributed by atoms with Gasteiger partial charge in [0, 0.05) is 23.3 Å². The third kappa shape index (κ3) is 3.79. The molecule has 1 N–H and O–H groups in total. The topological polar surface area (TPSA) is 68.5 Å². The van der Waals surface area contributed by atoms with Crippen LogP contribution in [-0.2, 0) is 6.54 Å². The fourth-order valence-corrected chi connectivity index (χ4v) is 3.58. The van der Waals surface area contributed by atoms with Crippen molar-refractivity contribution in [2.24, 2.45) is 0 Å². The molecule has 0 aliphatic heterocycles. The Bertz CT molecular complexity index is 1100. The third-order valence-electron chi connectivity index (χ3n) is 3.97. The van der Waals surface area contributed by atoms with E-state index in [9.17, 15) is 4.79 Å². The minimum absolute atomic E-state index is 0.235. The number of methoxy groups -OCH3 is 1. The monoisotopic (exact) mass is 398 g/mol. The molecule has 0 aliphatic rings. The number of rotatable bonds is 5. The first-order chi connectivity index (χ1) is 13.1. The van der Waals surface area contributed by atoms with Crippen molar-refractivity contribution >= 4 is 34.5 Å². The highest BCUT2D eigenvalue weighted by Gasteiger charge is 2.12. The van der Waals surface area contributed by atoms with Gasteiger partial charge in [0.25, 0.3) is 5.91 Å². The van der Waals surface area contributed by atoms with Crippen molar-refractivity contribution < 1.29 is 9.53 Å². The van der Waals surface area contributed by atoms with E-state index in [1.807, 2.05) is 40.9 Å². The minimum Gasteiger partial charge on any atom is -0.497 e. The molecule has 0 saturated carbocycles. The summed E-state index contributed by atoms with van der Waals surface area (Å²) in [6.07, 6.45) is 3.61. The number of amides is 1. The molecule has 0 unspecified atom stereocenters. The van der Waals surface area contributed by atoms with Crippen LogP contribution >= 0.6 is 22.9 Å². The van der Waals surface area contributed by atoms with Gasteiger partial charge in [-0.3, -0.25) is 4.79 Å². The molecule has 4 rings (SSSR count). The van der Waals surface area contributed by atoms with E-state index in [2.05, 4.69) is 15.3 Å². The number of carbonyl (C=O) groups is 1. The second-order valence-corrected chi connectivity index (χ2v) is 7.09. The number of ether oxygens (including phenoxy) is 1. The van der Waals surface area contributed by atoms with Gasteiger partial charge in [0.15, 0.2) is 0 Å². The largest absolute Gasteiger partial charge is 0.497 e. The molecule has 3 aromatic heterocycles. The molecular weight excluding hydrogens is 384 g/mol. The maximum atomic E-state index is 12.4. The lowest BCUT2D eigenvalue weighted by atomic mass is 10.2. The summed E-state index contributed by atoms with van der Waals surface area (Å²) < 4.78 is 6.98. The highest BCUT2D eigenvalue weighted by Crippen LogP contribution is 2.25. The number of halogens is 1. The van der Waals surface area contributed by atoms with Gasteiger partial charge in [-0.1, -0.05) is 11.6 Å². The molecule has 4 aromatic rings. The Balaban J connectivity index is 1.44. The minimum atomic E-state index is -0.235. The zero-order valence-corrected chi connectivity index (χ0v) is 15.9. The van der Waals surface area contributed by atoms with Crippen molar-refractivity contribution in [2.45, 2.75) is 6.54 Å². The van der Waals surface area contributed by atoms with Crippen molar-refractivity contribution in [1.29, 1.82) is 0 Å². The fraction of sp³-hybridized carbons (Fsp3) is 0.105. The molecule has 27 heavy (non-hydrogen) atoms. The van der Waals surface area contributed by atoms with E-state index in [1.54, 1.807) is 24.8 Å². The summed E-state index contributed by atoms with van der Waals surface area (Å²) in [5.41, 5.74) is 2.85. The van der Waals surface area contributed by atoms with E-state index in [0.29, 0.717) is 17.3 Å². The Kier molecular flexibility index (Phi) is 4.79. The first-order valence-electron chi connectivity index (χ1n) is 8.13. The highest BCUT2D eigenvalue weighted by molar-refractivity contribution is 7.13. The molecule has 0 radical (unpaired) electrons. The van der Waals surface area contributed by atoms with Crippen LogP contribution in [0.5, 0.6) is 5.75 Å².